The first-order valence-electron chi connectivity index (χ1n) is 9.32. The first-order chi connectivity index (χ1) is 14.7. The van der Waals surface area contributed by atoms with E-state index in [-0.39, 0.29) is 0 Å². The van der Waals surface area contributed by atoms with Gasteiger partial charge >= 0.3 is 6.18 Å². The Bertz CT molecular complexity index is 1220. The van der Waals surface area contributed by atoms with Gasteiger partial charge in [-0.05, 0) is 42.3 Å². The average Bonchev–Trinajstić information content (AvgIpc) is 3.23. The van der Waals surface area contributed by atoms with Crippen molar-refractivity contribution in [3.63, 3.8) is 0 Å². The second-order valence-electron chi connectivity index (χ2n) is 7.00. The van der Waals surface area contributed by atoms with Crippen molar-refractivity contribution in [3.05, 3.63) is 83.4 Å². The Balaban J connectivity index is 1.72. The van der Waals surface area contributed by atoms with Crippen LogP contribution < -0.4 is 5.73 Å². The average molecular weight is 444 g/mol. The van der Waals surface area contributed by atoms with Gasteiger partial charge < -0.3 is 5.73 Å². The lowest BCUT2D eigenvalue weighted by molar-refractivity contribution is -0.137. The summed E-state index contributed by atoms with van der Waals surface area (Å²) in [6, 6.07) is 11.9. The molecule has 2 N–H and O–H groups in total. The predicted molar refractivity (Wildman–Crippen MR) is 113 cm³/mol. The number of hydrogen-bond acceptors (Lipinski definition) is 4. The van der Waals surface area contributed by atoms with Crippen LogP contribution in [0.3, 0.4) is 0 Å². The van der Waals surface area contributed by atoms with Crippen molar-refractivity contribution in [1.29, 1.82) is 0 Å². The quantitative estimate of drug-likeness (QED) is 0.428. The van der Waals surface area contributed by atoms with Crippen LogP contribution in [0.25, 0.3) is 22.4 Å². The number of nitrogen functional groups attached to an aromatic ring is 1. The molecule has 0 amide bonds. The van der Waals surface area contributed by atoms with E-state index < -0.39 is 17.8 Å². The van der Waals surface area contributed by atoms with Gasteiger partial charge in [-0.15, -0.1) is 0 Å². The van der Waals surface area contributed by atoms with E-state index in [9.17, 15) is 13.2 Å². The highest BCUT2D eigenvalue weighted by Crippen LogP contribution is 2.35. The number of alkyl halides is 3. The van der Waals surface area contributed by atoms with Crippen molar-refractivity contribution in [2.24, 2.45) is 0 Å². The molecular formula is C22H17ClF3N5. The Morgan fingerprint density at radius 3 is 2.48 bits per heavy atom. The molecule has 5 nitrogen and oxygen atoms in total. The molecule has 0 aliphatic rings. The molecule has 31 heavy (non-hydrogen) atoms. The molecular weight excluding hydrogens is 427 g/mol. The number of nitrogens with two attached hydrogens (primary N) is 1. The van der Waals surface area contributed by atoms with Gasteiger partial charge in [0.05, 0.1) is 29.1 Å². The third-order valence-electron chi connectivity index (χ3n) is 4.98. The lowest BCUT2D eigenvalue weighted by atomic mass is 10.0. The fourth-order valence-electron chi connectivity index (χ4n) is 3.32. The van der Waals surface area contributed by atoms with E-state index in [0.717, 1.165) is 17.7 Å². The Labute approximate surface area is 181 Å². The molecule has 0 saturated carbocycles. The number of nitrogens with zero attached hydrogens (tertiary/aromatic N) is 4. The molecule has 2 heterocycles. The monoisotopic (exact) mass is 443 g/mol. The molecule has 0 unspecified atom stereocenters. The molecule has 0 saturated heterocycles. The summed E-state index contributed by atoms with van der Waals surface area (Å²) in [6.45, 7) is 1.78. The van der Waals surface area contributed by atoms with Crippen LogP contribution >= 0.6 is 11.6 Å². The smallest absolute Gasteiger partial charge is 0.383 e. The Kier molecular flexibility index (Phi) is 5.41. The van der Waals surface area contributed by atoms with E-state index in [1.165, 1.54) is 12.4 Å². The Morgan fingerprint density at radius 2 is 1.77 bits per heavy atom. The molecule has 0 fully saturated rings. The van der Waals surface area contributed by atoms with Crippen LogP contribution in [0.5, 0.6) is 0 Å². The van der Waals surface area contributed by atoms with Crippen LogP contribution in [-0.4, -0.2) is 19.7 Å². The maximum Gasteiger partial charge on any atom is 0.416 e. The minimum Gasteiger partial charge on any atom is -0.383 e. The first kappa shape index (κ1) is 20.9. The summed E-state index contributed by atoms with van der Waals surface area (Å²) < 4.78 is 40.8. The maximum absolute atomic E-state index is 13.1. The highest BCUT2D eigenvalue weighted by Gasteiger charge is 2.31. The van der Waals surface area contributed by atoms with E-state index in [1.807, 2.05) is 12.1 Å². The van der Waals surface area contributed by atoms with Crippen molar-refractivity contribution < 1.29 is 13.2 Å². The van der Waals surface area contributed by atoms with Crippen molar-refractivity contribution in [1.82, 2.24) is 19.7 Å². The Hall–Kier alpha value is -3.39. The van der Waals surface area contributed by atoms with Gasteiger partial charge in [0.15, 0.2) is 0 Å². The number of anilines is 1. The zero-order valence-corrected chi connectivity index (χ0v) is 17.1. The van der Waals surface area contributed by atoms with Gasteiger partial charge in [0.1, 0.15) is 12.1 Å². The van der Waals surface area contributed by atoms with E-state index in [1.54, 1.807) is 42.2 Å². The van der Waals surface area contributed by atoms with Gasteiger partial charge in [0.2, 0.25) is 0 Å². The molecule has 0 aliphatic heterocycles. The molecule has 0 aliphatic carbocycles. The summed E-state index contributed by atoms with van der Waals surface area (Å²) in [5.74, 6) is 0.297. The second kappa shape index (κ2) is 8.03. The summed E-state index contributed by atoms with van der Waals surface area (Å²) >= 11 is 5.99. The van der Waals surface area contributed by atoms with Crippen molar-refractivity contribution in [2.45, 2.75) is 19.1 Å². The van der Waals surface area contributed by atoms with E-state index in [2.05, 4.69) is 15.1 Å². The van der Waals surface area contributed by atoms with Crippen LogP contribution in [-0.2, 0) is 6.18 Å². The number of aromatic nitrogens is 4. The van der Waals surface area contributed by atoms with Gasteiger partial charge in [0, 0.05) is 16.8 Å². The summed E-state index contributed by atoms with van der Waals surface area (Å²) in [6.07, 6.45) is 0.284. The van der Waals surface area contributed by atoms with Gasteiger partial charge in [-0.1, -0.05) is 35.9 Å². The Morgan fingerprint density at radius 1 is 1.03 bits per heavy atom. The lowest BCUT2D eigenvalue weighted by Crippen LogP contribution is -2.10. The third kappa shape index (κ3) is 4.25. The van der Waals surface area contributed by atoms with Crippen LogP contribution in [0.15, 0.2) is 67.3 Å². The van der Waals surface area contributed by atoms with E-state index in [0.29, 0.717) is 33.2 Å². The van der Waals surface area contributed by atoms with Crippen LogP contribution in [0.1, 0.15) is 24.1 Å². The van der Waals surface area contributed by atoms with E-state index >= 15 is 0 Å². The standard InChI is InChI=1S/C22H17ClF3N5/c1-13(15-3-2-4-17(9-15)22(24,25)26)31-11-16(10-30-31)20-19(21(27)29-12-28-20)14-5-7-18(23)8-6-14/h2-13H,1H3,(H2,27,28,29)/t13-/m1/s1. The van der Waals surface area contributed by atoms with Crippen LogP contribution in [0, 0.1) is 0 Å². The molecule has 0 radical (unpaired) electrons. The molecule has 0 bridgehead atoms. The minimum atomic E-state index is -4.41. The zero-order valence-electron chi connectivity index (χ0n) is 16.3. The number of halogens is 4. The highest BCUT2D eigenvalue weighted by molar-refractivity contribution is 6.30. The van der Waals surface area contributed by atoms with Crippen molar-refractivity contribution in [3.8, 4) is 22.4 Å². The van der Waals surface area contributed by atoms with Crippen LogP contribution in [0.4, 0.5) is 19.0 Å². The van der Waals surface area contributed by atoms with Gasteiger partial charge in [0.25, 0.3) is 0 Å². The molecule has 158 valence electrons. The molecule has 4 aromatic rings. The summed E-state index contributed by atoms with van der Waals surface area (Å²) in [5.41, 5.74) is 8.57. The molecule has 9 heteroatoms. The second-order valence-corrected chi connectivity index (χ2v) is 7.43. The fourth-order valence-corrected chi connectivity index (χ4v) is 3.44. The summed E-state index contributed by atoms with van der Waals surface area (Å²) in [4.78, 5) is 8.46. The lowest BCUT2D eigenvalue weighted by Gasteiger charge is -2.15. The molecule has 2 aromatic heterocycles. The van der Waals surface area contributed by atoms with E-state index in [4.69, 9.17) is 17.3 Å². The number of benzene rings is 2. The summed E-state index contributed by atoms with van der Waals surface area (Å²) in [7, 11) is 0. The minimum absolute atomic E-state index is 0.297. The van der Waals surface area contributed by atoms with Gasteiger partial charge in [-0.3, -0.25) is 4.68 Å². The summed E-state index contributed by atoms with van der Waals surface area (Å²) in [5, 5.41) is 4.94. The SMILES string of the molecule is C[C@H](c1cccc(C(F)(F)F)c1)n1cc(-c2ncnc(N)c2-c2ccc(Cl)cc2)cn1. The third-order valence-corrected chi connectivity index (χ3v) is 5.23. The highest BCUT2D eigenvalue weighted by atomic mass is 35.5. The fraction of sp³-hybridized carbons (Fsp3) is 0.136. The molecule has 2 aromatic carbocycles. The number of hydrogen-bond donors (Lipinski definition) is 1. The van der Waals surface area contributed by atoms with Crippen molar-refractivity contribution in [2.75, 3.05) is 5.73 Å². The topological polar surface area (TPSA) is 69.6 Å². The zero-order chi connectivity index (χ0) is 22.2. The van der Waals surface area contributed by atoms with Gasteiger partial charge in [-0.25, -0.2) is 9.97 Å². The maximum atomic E-state index is 13.1. The van der Waals surface area contributed by atoms with Gasteiger partial charge in [-0.2, -0.15) is 18.3 Å². The number of rotatable bonds is 4. The predicted octanol–water partition coefficient (Wildman–Crippen LogP) is 5.87. The largest absolute Gasteiger partial charge is 0.416 e. The normalized spacial score (nSPS) is 12.7. The van der Waals surface area contributed by atoms with Crippen LogP contribution in [0.2, 0.25) is 5.02 Å². The molecule has 0 spiro atoms. The van der Waals surface area contributed by atoms with Crippen molar-refractivity contribution >= 4 is 17.4 Å². The first-order valence-corrected chi connectivity index (χ1v) is 9.70. The molecule has 1 atom stereocenters. The molecule has 4 rings (SSSR count).